The summed E-state index contributed by atoms with van der Waals surface area (Å²) in [7, 11) is 0. The van der Waals surface area contributed by atoms with Gasteiger partial charge in [0.15, 0.2) is 0 Å². The maximum absolute atomic E-state index is 12.7. The molecular formula is C27H37N3O3. The Bertz CT molecular complexity index is 1080. The summed E-state index contributed by atoms with van der Waals surface area (Å²) in [6, 6.07) is 11.5. The van der Waals surface area contributed by atoms with Gasteiger partial charge in [0.05, 0.1) is 0 Å². The van der Waals surface area contributed by atoms with E-state index in [0.29, 0.717) is 12.1 Å². The van der Waals surface area contributed by atoms with Gasteiger partial charge in [0.25, 0.3) is 0 Å². The number of ether oxygens (including phenoxy) is 1. The lowest BCUT2D eigenvalue weighted by Crippen LogP contribution is -2.31. The largest absolute Gasteiger partial charge is 0.505 e. The van der Waals surface area contributed by atoms with Crippen molar-refractivity contribution in [2.24, 2.45) is 0 Å². The van der Waals surface area contributed by atoms with Crippen molar-refractivity contribution >= 4 is 17.0 Å². The summed E-state index contributed by atoms with van der Waals surface area (Å²) in [5, 5.41) is 20.2. The van der Waals surface area contributed by atoms with Crippen molar-refractivity contribution in [1.29, 1.82) is 0 Å². The first-order chi connectivity index (χ1) is 15.6. The van der Waals surface area contributed by atoms with E-state index in [2.05, 4.69) is 44.8 Å². The first-order valence-corrected chi connectivity index (χ1v) is 12.0. The van der Waals surface area contributed by atoms with E-state index in [1.807, 2.05) is 43.3 Å². The number of unbranched alkanes of at least 4 members (excludes halogenated alkanes) is 1. The summed E-state index contributed by atoms with van der Waals surface area (Å²) in [6.07, 6.45) is 4.60. The van der Waals surface area contributed by atoms with Crippen LogP contribution in [0.15, 0.2) is 36.4 Å². The Morgan fingerprint density at radius 3 is 2.24 bits per heavy atom. The van der Waals surface area contributed by atoms with E-state index in [1.54, 1.807) is 0 Å². The van der Waals surface area contributed by atoms with Crippen LogP contribution in [0, 0.1) is 0 Å². The predicted octanol–water partition coefficient (Wildman–Crippen LogP) is 6.26. The highest BCUT2D eigenvalue weighted by Gasteiger charge is 2.27. The molecule has 0 aliphatic heterocycles. The number of aryl methyl sites for hydroxylation is 1. The Kier molecular flexibility index (Phi) is 7.45. The maximum Gasteiger partial charge on any atom is 0.306 e. The third kappa shape index (κ3) is 5.92. The number of esters is 1. The minimum Gasteiger partial charge on any atom is -0.505 e. The van der Waals surface area contributed by atoms with Crippen LogP contribution in [0.2, 0.25) is 0 Å². The molecule has 0 bridgehead atoms. The van der Waals surface area contributed by atoms with Crippen molar-refractivity contribution in [3.05, 3.63) is 47.5 Å². The summed E-state index contributed by atoms with van der Waals surface area (Å²) in [5.41, 5.74) is 3.07. The number of phenols is 1. The van der Waals surface area contributed by atoms with E-state index < -0.39 is 5.60 Å². The molecule has 1 atom stereocenters. The van der Waals surface area contributed by atoms with Crippen molar-refractivity contribution in [3.63, 3.8) is 0 Å². The molecule has 0 aliphatic rings. The Morgan fingerprint density at radius 1 is 1.06 bits per heavy atom. The van der Waals surface area contributed by atoms with Gasteiger partial charge in [0.2, 0.25) is 0 Å². The average Bonchev–Trinajstić information content (AvgIpc) is 3.20. The highest BCUT2D eigenvalue weighted by molar-refractivity contribution is 5.74. The highest BCUT2D eigenvalue weighted by Crippen LogP contribution is 2.36. The van der Waals surface area contributed by atoms with Gasteiger partial charge in [-0.3, -0.25) is 4.79 Å². The zero-order valence-electron chi connectivity index (χ0n) is 20.8. The molecule has 1 N–H and O–H groups in total. The first-order valence-electron chi connectivity index (χ1n) is 12.0. The predicted molar refractivity (Wildman–Crippen MR) is 132 cm³/mol. The minimum atomic E-state index is -0.414. The molecule has 3 rings (SSSR count). The summed E-state index contributed by atoms with van der Waals surface area (Å²) in [4.78, 5) is 14.2. The molecule has 33 heavy (non-hydrogen) atoms. The number of carbonyl (C=O) groups excluding carboxylic acids is 1. The number of phenolic OH excluding ortho intramolecular Hbond substituents is 1. The second kappa shape index (κ2) is 9.94. The van der Waals surface area contributed by atoms with Gasteiger partial charge in [-0.2, -0.15) is 0 Å². The number of rotatable bonds is 9. The lowest BCUT2D eigenvalue weighted by molar-refractivity contribution is -0.159. The van der Waals surface area contributed by atoms with E-state index in [9.17, 15) is 9.90 Å². The van der Waals surface area contributed by atoms with Gasteiger partial charge in [-0.05, 0) is 61.8 Å². The Morgan fingerprint density at radius 2 is 1.70 bits per heavy atom. The van der Waals surface area contributed by atoms with E-state index in [4.69, 9.17) is 4.74 Å². The monoisotopic (exact) mass is 451 g/mol. The molecule has 1 aromatic heterocycles. The Hall–Kier alpha value is -2.89. The molecule has 2 aromatic carbocycles. The summed E-state index contributed by atoms with van der Waals surface area (Å²) >= 11 is 0. The first kappa shape index (κ1) is 24.7. The number of benzene rings is 2. The van der Waals surface area contributed by atoms with Crippen LogP contribution in [0.3, 0.4) is 0 Å². The minimum absolute atomic E-state index is 0.159. The molecule has 0 amide bonds. The summed E-state index contributed by atoms with van der Waals surface area (Å²) in [5.74, 6) is -0.0300. The highest BCUT2D eigenvalue weighted by atomic mass is 16.6. The number of aromatic hydroxyl groups is 1. The number of hydrogen-bond donors (Lipinski definition) is 1. The van der Waals surface area contributed by atoms with Crippen LogP contribution in [-0.2, 0) is 21.4 Å². The topological polar surface area (TPSA) is 77.2 Å². The van der Waals surface area contributed by atoms with Gasteiger partial charge in [-0.15, -0.1) is 15.0 Å². The summed E-state index contributed by atoms with van der Waals surface area (Å²) < 4.78 is 5.87. The van der Waals surface area contributed by atoms with Crippen molar-refractivity contribution < 1.29 is 14.6 Å². The SMILES string of the molecule is CCCCC(C)(CC)OC(=O)CCc1cc(-n2nc3ccccc3n2)c(O)c(C(C)(C)C)c1. The lowest BCUT2D eigenvalue weighted by Gasteiger charge is -2.28. The number of hydrogen-bond acceptors (Lipinski definition) is 5. The molecule has 0 aliphatic carbocycles. The van der Waals surface area contributed by atoms with Crippen LogP contribution in [-0.4, -0.2) is 31.7 Å². The third-order valence-corrected chi connectivity index (χ3v) is 6.24. The molecule has 3 aromatic rings. The molecule has 6 nitrogen and oxygen atoms in total. The van der Waals surface area contributed by atoms with Crippen LogP contribution >= 0.6 is 0 Å². The molecule has 178 valence electrons. The molecule has 0 saturated carbocycles. The fourth-order valence-corrected chi connectivity index (χ4v) is 3.94. The van der Waals surface area contributed by atoms with Gasteiger partial charge >= 0.3 is 5.97 Å². The van der Waals surface area contributed by atoms with Gasteiger partial charge in [-0.1, -0.05) is 59.2 Å². The van der Waals surface area contributed by atoms with Crippen molar-refractivity contribution in [2.75, 3.05) is 0 Å². The molecule has 0 fully saturated rings. The second-order valence-electron chi connectivity index (χ2n) is 10.1. The van der Waals surface area contributed by atoms with E-state index in [1.165, 1.54) is 4.80 Å². The Balaban J connectivity index is 1.88. The van der Waals surface area contributed by atoms with E-state index >= 15 is 0 Å². The van der Waals surface area contributed by atoms with Crippen molar-refractivity contribution in [3.8, 4) is 11.4 Å². The fourth-order valence-electron chi connectivity index (χ4n) is 3.94. The molecular weight excluding hydrogens is 414 g/mol. The molecule has 1 heterocycles. The number of nitrogens with zero attached hydrogens (tertiary/aromatic N) is 3. The van der Waals surface area contributed by atoms with Crippen LogP contribution < -0.4 is 0 Å². The van der Waals surface area contributed by atoms with Gasteiger partial charge in [-0.25, -0.2) is 0 Å². The molecule has 0 radical (unpaired) electrons. The van der Waals surface area contributed by atoms with Crippen LogP contribution in [0.1, 0.15) is 84.8 Å². The molecule has 0 spiro atoms. The molecule has 1 unspecified atom stereocenters. The fraction of sp³-hybridized carbons (Fsp3) is 0.519. The second-order valence-corrected chi connectivity index (χ2v) is 10.1. The maximum atomic E-state index is 12.7. The van der Waals surface area contributed by atoms with Crippen LogP contribution in [0.25, 0.3) is 16.7 Å². The van der Waals surface area contributed by atoms with Crippen molar-refractivity contribution in [2.45, 2.75) is 91.1 Å². The standard InChI is InChI=1S/C27H37N3O3/c1-7-9-16-27(6,8-2)33-24(31)15-14-19-17-20(26(3,4)5)25(32)23(18-19)30-28-21-12-10-11-13-22(21)29-30/h10-13,17-18,32H,7-9,14-16H2,1-6H3. The van der Waals surface area contributed by atoms with Crippen LogP contribution in [0.5, 0.6) is 5.75 Å². The zero-order chi connectivity index (χ0) is 24.2. The van der Waals surface area contributed by atoms with Crippen LogP contribution in [0.4, 0.5) is 0 Å². The van der Waals surface area contributed by atoms with Gasteiger partial charge in [0, 0.05) is 12.0 Å². The van der Waals surface area contributed by atoms with Gasteiger partial charge < -0.3 is 9.84 Å². The van der Waals surface area contributed by atoms with E-state index in [-0.39, 0.29) is 23.6 Å². The summed E-state index contributed by atoms with van der Waals surface area (Å²) in [6.45, 7) is 12.4. The number of fused-ring (bicyclic) bond motifs is 1. The van der Waals surface area contributed by atoms with E-state index in [0.717, 1.165) is 47.8 Å². The Labute approximate surface area is 197 Å². The third-order valence-electron chi connectivity index (χ3n) is 6.24. The van der Waals surface area contributed by atoms with Crippen molar-refractivity contribution in [1.82, 2.24) is 15.0 Å². The number of aromatic nitrogens is 3. The molecule has 0 saturated heterocycles. The number of carbonyl (C=O) groups is 1. The quantitative estimate of drug-likeness (QED) is 0.389. The smallest absolute Gasteiger partial charge is 0.306 e. The molecule has 6 heteroatoms. The average molecular weight is 452 g/mol. The zero-order valence-corrected chi connectivity index (χ0v) is 20.8. The lowest BCUT2D eigenvalue weighted by atomic mass is 9.84. The van der Waals surface area contributed by atoms with Gasteiger partial charge in [0.1, 0.15) is 28.1 Å². The normalized spacial score (nSPS) is 13.8.